The molecular weight excluding hydrogens is 268 g/mol. The summed E-state index contributed by atoms with van der Waals surface area (Å²) >= 11 is 2.08. The molecule has 114 valence electrons. The zero-order chi connectivity index (χ0) is 13.9. The maximum atomic E-state index is 12.6. The summed E-state index contributed by atoms with van der Waals surface area (Å²) in [7, 11) is 0. The van der Waals surface area contributed by atoms with E-state index in [1.54, 1.807) is 0 Å². The van der Waals surface area contributed by atoms with Gasteiger partial charge in [-0.1, -0.05) is 26.2 Å². The van der Waals surface area contributed by atoms with Gasteiger partial charge in [0.1, 0.15) is 0 Å². The van der Waals surface area contributed by atoms with Crippen molar-refractivity contribution in [2.45, 2.75) is 75.7 Å². The molecule has 0 spiro atoms. The van der Waals surface area contributed by atoms with Crippen LogP contribution in [0.4, 0.5) is 0 Å². The van der Waals surface area contributed by atoms with Gasteiger partial charge >= 0.3 is 0 Å². The molecule has 2 saturated heterocycles. The predicted molar refractivity (Wildman–Crippen MR) is 84.8 cm³/mol. The maximum absolute atomic E-state index is 12.6. The zero-order valence-corrected chi connectivity index (χ0v) is 13.5. The van der Waals surface area contributed by atoms with Crippen LogP contribution in [0.25, 0.3) is 0 Å². The molecule has 20 heavy (non-hydrogen) atoms. The highest BCUT2D eigenvalue weighted by molar-refractivity contribution is 7.99. The number of thioether (sulfide) groups is 1. The van der Waals surface area contributed by atoms with Gasteiger partial charge in [0.05, 0.1) is 12.2 Å². The minimum absolute atomic E-state index is 0.0780. The lowest BCUT2D eigenvalue weighted by Crippen LogP contribution is -2.45. The molecule has 1 amide bonds. The molecule has 3 atom stereocenters. The van der Waals surface area contributed by atoms with E-state index in [-0.39, 0.29) is 6.04 Å². The average molecular weight is 296 g/mol. The first-order valence-corrected chi connectivity index (χ1v) is 9.52. The monoisotopic (exact) mass is 296 g/mol. The van der Waals surface area contributed by atoms with Crippen molar-refractivity contribution in [1.29, 1.82) is 0 Å². The minimum Gasteiger partial charge on any atom is -0.324 e. The van der Waals surface area contributed by atoms with E-state index in [0.29, 0.717) is 23.2 Å². The van der Waals surface area contributed by atoms with Crippen molar-refractivity contribution in [3.05, 3.63) is 0 Å². The fraction of sp³-hybridized carbons (Fsp3) is 0.938. The molecule has 3 nitrogen and oxygen atoms in total. The summed E-state index contributed by atoms with van der Waals surface area (Å²) in [5, 5.41) is 4.31. The number of carbonyl (C=O) groups excluding carboxylic acids is 1. The standard InChI is InChI=1S/C16H28N2OS/c1-2-14-16(19)18(11-13-9-5-6-10-20-13)15(17-14)12-7-3-4-8-12/h12-15,17H,2-11H2,1H3. The van der Waals surface area contributed by atoms with Gasteiger partial charge in [0.15, 0.2) is 0 Å². The van der Waals surface area contributed by atoms with Crippen molar-refractivity contribution < 1.29 is 4.79 Å². The Morgan fingerprint density at radius 2 is 1.95 bits per heavy atom. The van der Waals surface area contributed by atoms with Crippen LogP contribution in [0.1, 0.15) is 58.3 Å². The van der Waals surface area contributed by atoms with E-state index in [1.807, 2.05) is 0 Å². The lowest BCUT2D eigenvalue weighted by molar-refractivity contribution is -0.130. The Kier molecular flexibility index (Phi) is 4.92. The molecule has 1 aliphatic carbocycles. The second-order valence-electron chi connectivity index (χ2n) is 6.60. The predicted octanol–water partition coefficient (Wildman–Crippen LogP) is 3.00. The quantitative estimate of drug-likeness (QED) is 0.865. The summed E-state index contributed by atoms with van der Waals surface area (Å²) in [6.07, 6.45) is 10.6. The van der Waals surface area contributed by atoms with E-state index in [0.717, 1.165) is 13.0 Å². The molecule has 0 aromatic heterocycles. The SMILES string of the molecule is CCC1NC(C2CCCC2)N(CC2CCCCS2)C1=O. The Labute approximate surface area is 127 Å². The number of carbonyl (C=O) groups is 1. The molecular formula is C16H28N2OS. The van der Waals surface area contributed by atoms with E-state index < -0.39 is 0 Å². The Morgan fingerprint density at radius 1 is 1.20 bits per heavy atom. The molecule has 2 heterocycles. The Morgan fingerprint density at radius 3 is 2.60 bits per heavy atom. The Hall–Kier alpha value is -0.220. The molecule has 1 N–H and O–H groups in total. The van der Waals surface area contributed by atoms with Gasteiger partial charge in [0, 0.05) is 11.8 Å². The van der Waals surface area contributed by atoms with Crippen LogP contribution in [0.15, 0.2) is 0 Å². The van der Waals surface area contributed by atoms with Gasteiger partial charge in [-0.3, -0.25) is 10.1 Å². The molecule has 2 aliphatic heterocycles. The second kappa shape index (κ2) is 6.69. The minimum atomic E-state index is 0.0780. The zero-order valence-electron chi connectivity index (χ0n) is 12.6. The topological polar surface area (TPSA) is 32.3 Å². The lowest BCUT2D eigenvalue weighted by atomic mass is 10.0. The average Bonchev–Trinajstić information content (AvgIpc) is 3.10. The highest BCUT2D eigenvalue weighted by Crippen LogP contribution is 2.34. The van der Waals surface area contributed by atoms with Crippen molar-refractivity contribution in [3.8, 4) is 0 Å². The van der Waals surface area contributed by atoms with E-state index in [1.165, 1.54) is 50.7 Å². The third-order valence-corrected chi connectivity index (χ3v) is 6.60. The van der Waals surface area contributed by atoms with Crippen LogP contribution < -0.4 is 5.32 Å². The van der Waals surface area contributed by atoms with Gasteiger partial charge in [-0.05, 0) is 43.8 Å². The number of amides is 1. The first kappa shape index (κ1) is 14.7. The smallest absolute Gasteiger partial charge is 0.241 e. The van der Waals surface area contributed by atoms with Crippen molar-refractivity contribution in [2.75, 3.05) is 12.3 Å². The first-order chi connectivity index (χ1) is 9.79. The van der Waals surface area contributed by atoms with Gasteiger partial charge in [-0.2, -0.15) is 11.8 Å². The van der Waals surface area contributed by atoms with E-state index >= 15 is 0 Å². The molecule has 0 radical (unpaired) electrons. The summed E-state index contributed by atoms with van der Waals surface area (Å²) in [6.45, 7) is 3.11. The highest BCUT2D eigenvalue weighted by Gasteiger charge is 2.43. The molecule has 1 saturated carbocycles. The van der Waals surface area contributed by atoms with Crippen LogP contribution in [-0.2, 0) is 4.79 Å². The van der Waals surface area contributed by atoms with Crippen LogP contribution in [0.5, 0.6) is 0 Å². The van der Waals surface area contributed by atoms with Crippen LogP contribution in [-0.4, -0.2) is 40.6 Å². The van der Waals surface area contributed by atoms with Gasteiger partial charge in [0.25, 0.3) is 0 Å². The Bertz CT molecular complexity index is 337. The first-order valence-electron chi connectivity index (χ1n) is 8.47. The highest BCUT2D eigenvalue weighted by atomic mass is 32.2. The molecule has 0 aromatic carbocycles. The number of nitrogens with zero attached hydrogens (tertiary/aromatic N) is 1. The van der Waals surface area contributed by atoms with Crippen molar-refractivity contribution in [2.24, 2.45) is 5.92 Å². The molecule has 0 bridgehead atoms. The van der Waals surface area contributed by atoms with E-state index in [2.05, 4.69) is 28.9 Å². The summed E-state index contributed by atoms with van der Waals surface area (Å²) in [4.78, 5) is 14.8. The maximum Gasteiger partial charge on any atom is 0.241 e. The second-order valence-corrected chi connectivity index (χ2v) is 8.00. The summed E-state index contributed by atoms with van der Waals surface area (Å²) in [5.74, 6) is 2.35. The number of rotatable bonds is 4. The third kappa shape index (κ3) is 3.01. The normalized spacial score (nSPS) is 36.0. The molecule has 4 heteroatoms. The Balaban J connectivity index is 1.67. The molecule has 3 aliphatic rings. The van der Waals surface area contributed by atoms with Crippen LogP contribution in [0, 0.1) is 5.92 Å². The lowest BCUT2D eigenvalue weighted by Gasteiger charge is -2.33. The molecule has 3 rings (SSSR count). The van der Waals surface area contributed by atoms with Crippen LogP contribution >= 0.6 is 11.8 Å². The molecule has 0 aromatic rings. The van der Waals surface area contributed by atoms with Crippen molar-refractivity contribution in [1.82, 2.24) is 10.2 Å². The van der Waals surface area contributed by atoms with Gasteiger partial charge in [0.2, 0.25) is 5.91 Å². The van der Waals surface area contributed by atoms with Gasteiger partial charge < -0.3 is 4.90 Å². The van der Waals surface area contributed by atoms with E-state index in [9.17, 15) is 4.79 Å². The van der Waals surface area contributed by atoms with Crippen molar-refractivity contribution in [3.63, 3.8) is 0 Å². The number of hydrogen-bond acceptors (Lipinski definition) is 3. The van der Waals surface area contributed by atoms with Gasteiger partial charge in [-0.15, -0.1) is 0 Å². The van der Waals surface area contributed by atoms with Crippen LogP contribution in [0.2, 0.25) is 0 Å². The van der Waals surface area contributed by atoms with Crippen LogP contribution in [0.3, 0.4) is 0 Å². The van der Waals surface area contributed by atoms with Gasteiger partial charge in [-0.25, -0.2) is 0 Å². The van der Waals surface area contributed by atoms with E-state index in [4.69, 9.17) is 0 Å². The fourth-order valence-corrected chi connectivity index (χ4v) is 5.34. The number of nitrogens with one attached hydrogen (secondary N) is 1. The largest absolute Gasteiger partial charge is 0.324 e. The summed E-state index contributed by atoms with van der Waals surface area (Å²) in [5.41, 5.74) is 0. The summed E-state index contributed by atoms with van der Waals surface area (Å²) in [6, 6.07) is 0.0780. The van der Waals surface area contributed by atoms with Crippen molar-refractivity contribution >= 4 is 17.7 Å². The molecule has 3 unspecified atom stereocenters. The molecule has 3 fully saturated rings. The fourth-order valence-electron chi connectivity index (χ4n) is 4.04. The third-order valence-electron chi connectivity index (χ3n) is 5.22. The summed E-state index contributed by atoms with van der Waals surface area (Å²) < 4.78 is 0. The number of hydrogen-bond donors (Lipinski definition) is 1.